The average molecular weight is 491 g/mol. The Morgan fingerprint density at radius 3 is 2.28 bits per heavy atom. The minimum Gasteiger partial charge on any atom is -0.497 e. The molecular formula is C30H42N4O2. The molecule has 1 aliphatic rings. The van der Waals surface area contributed by atoms with Gasteiger partial charge in [0.2, 0.25) is 5.91 Å². The molecule has 1 aromatic heterocycles. The molecule has 1 aliphatic heterocycles. The summed E-state index contributed by atoms with van der Waals surface area (Å²) in [5.41, 5.74) is 3.42. The van der Waals surface area contributed by atoms with Gasteiger partial charge in [0.05, 0.1) is 24.7 Å². The normalized spacial score (nSPS) is 14.9. The maximum atomic E-state index is 13.3. The van der Waals surface area contributed by atoms with Gasteiger partial charge in [-0.25, -0.2) is 4.98 Å². The summed E-state index contributed by atoms with van der Waals surface area (Å²) in [6.07, 6.45) is 6.33. The molecule has 0 saturated carbocycles. The van der Waals surface area contributed by atoms with Crippen molar-refractivity contribution in [2.75, 3.05) is 33.3 Å². The molecule has 0 unspecified atom stereocenters. The first-order chi connectivity index (χ1) is 17.6. The summed E-state index contributed by atoms with van der Waals surface area (Å²) >= 11 is 0. The van der Waals surface area contributed by atoms with Gasteiger partial charge in [0, 0.05) is 25.6 Å². The Balaban J connectivity index is 1.42. The van der Waals surface area contributed by atoms with Gasteiger partial charge in [-0.1, -0.05) is 51.0 Å². The fourth-order valence-electron chi connectivity index (χ4n) is 5.16. The molecule has 2 aromatic carbocycles. The van der Waals surface area contributed by atoms with Gasteiger partial charge in [0.15, 0.2) is 0 Å². The lowest BCUT2D eigenvalue weighted by atomic mass is 9.95. The highest BCUT2D eigenvalue weighted by molar-refractivity contribution is 5.79. The molecule has 36 heavy (non-hydrogen) atoms. The van der Waals surface area contributed by atoms with E-state index in [-0.39, 0.29) is 5.92 Å². The SMILES string of the molecule is CCCCN(CCCC)C(=O)C1CCN(Cc2nc3ccccc3n2Cc2ccc(OC)cc2)CC1. The van der Waals surface area contributed by atoms with Crippen molar-refractivity contribution in [3.05, 3.63) is 59.9 Å². The highest BCUT2D eigenvalue weighted by Crippen LogP contribution is 2.24. The molecule has 6 heteroatoms. The van der Waals surface area contributed by atoms with Crippen molar-refractivity contribution in [1.82, 2.24) is 19.4 Å². The van der Waals surface area contributed by atoms with Crippen LogP contribution in [0.3, 0.4) is 0 Å². The molecule has 1 amide bonds. The lowest BCUT2D eigenvalue weighted by molar-refractivity contribution is -0.137. The summed E-state index contributed by atoms with van der Waals surface area (Å²) in [6, 6.07) is 16.7. The van der Waals surface area contributed by atoms with Crippen LogP contribution in [0, 0.1) is 5.92 Å². The summed E-state index contributed by atoms with van der Waals surface area (Å²) in [7, 11) is 1.70. The van der Waals surface area contributed by atoms with E-state index in [1.807, 2.05) is 12.1 Å². The van der Waals surface area contributed by atoms with Crippen molar-refractivity contribution in [3.8, 4) is 5.75 Å². The first-order valence-electron chi connectivity index (χ1n) is 13.7. The Labute approximate surface area is 216 Å². The van der Waals surface area contributed by atoms with E-state index < -0.39 is 0 Å². The molecule has 6 nitrogen and oxygen atoms in total. The summed E-state index contributed by atoms with van der Waals surface area (Å²) < 4.78 is 7.66. The number of hydrogen-bond acceptors (Lipinski definition) is 4. The largest absolute Gasteiger partial charge is 0.497 e. The summed E-state index contributed by atoms with van der Waals surface area (Å²) in [4.78, 5) is 22.9. The summed E-state index contributed by atoms with van der Waals surface area (Å²) in [6.45, 7) is 9.68. The smallest absolute Gasteiger partial charge is 0.225 e. The molecule has 194 valence electrons. The zero-order valence-electron chi connectivity index (χ0n) is 22.3. The molecule has 1 fully saturated rings. The number of carbonyl (C=O) groups is 1. The number of aromatic nitrogens is 2. The average Bonchev–Trinajstić information content (AvgIpc) is 3.26. The standard InChI is InChI=1S/C30H42N4O2/c1-4-6-18-33(19-7-5-2)30(35)25-16-20-32(21-17-25)23-29-31-27-10-8-9-11-28(27)34(29)22-24-12-14-26(36-3)15-13-24/h8-15,25H,4-7,16-23H2,1-3H3. The van der Waals surface area contributed by atoms with Crippen LogP contribution < -0.4 is 4.74 Å². The monoisotopic (exact) mass is 490 g/mol. The van der Waals surface area contributed by atoms with Crippen LogP contribution in [0.25, 0.3) is 11.0 Å². The second-order valence-corrected chi connectivity index (χ2v) is 10.0. The van der Waals surface area contributed by atoms with Gasteiger partial charge in [0.1, 0.15) is 11.6 Å². The van der Waals surface area contributed by atoms with Crippen LogP contribution in [-0.4, -0.2) is 58.5 Å². The van der Waals surface area contributed by atoms with E-state index in [9.17, 15) is 4.79 Å². The quantitative estimate of drug-likeness (QED) is 0.325. The lowest BCUT2D eigenvalue weighted by Crippen LogP contribution is -2.43. The number of imidazole rings is 1. The number of unbranched alkanes of at least 4 members (excludes halogenated alkanes) is 2. The predicted molar refractivity (Wildman–Crippen MR) is 146 cm³/mol. The fourth-order valence-corrected chi connectivity index (χ4v) is 5.16. The van der Waals surface area contributed by atoms with Crippen LogP contribution in [0.4, 0.5) is 0 Å². The van der Waals surface area contributed by atoms with Gasteiger partial charge >= 0.3 is 0 Å². The highest BCUT2D eigenvalue weighted by Gasteiger charge is 2.29. The van der Waals surface area contributed by atoms with Crippen LogP contribution in [0.5, 0.6) is 5.75 Å². The molecule has 0 spiro atoms. The number of carbonyl (C=O) groups excluding carboxylic acids is 1. The van der Waals surface area contributed by atoms with E-state index in [2.05, 4.69) is 64.6 Å². The number of para-hydroxylation sites is 2. The molecule has 2 heterocycles. The van der Waals surface area contributed by atoms with Gasteiger partial charge in [0.25, 0.3) is 0 Å². The third-order valence-corrected chi connectivity index (χ3v) is 7.41. The van der Waals surface area contributed by atoms with Crippen molar-refractivity contribution in [2.45, 2.75) is 65.5 Å². The van der Waals surface area contributed by atoms with Crippen LogP contribution in [0.2, 0.25) is 0 Å². The molecule has 0 N–H and O–H groups in total. The maximum absolute atomic E-state index is 13.3. The van der Waals surface area contributed by atoms with E-state index in [1.54, 1.807) is 7.11 Å². The Bertz CT molecular complexity index is 1090. The Morgan fingerprint density at radius 2 is 1.64 bits per heavy atom. The number of benzene rings is 2. The van der Waals surface area contributed by atoms with E-state index in [4.69, 9.17) is 9.72 Å². The number of methoxy groups -OCH3 is 1. The summed E-state index contributed by atoms with van der Waals surface area (Å²) in [5.74, 6) is 2.50. The molecule has 3 aromatic rings. The maximum Gasteiger partial charge on any atom is 0.225 e. The predicted octanol–water partition coefficient (Wildman–Crippen LogP) is 5.73. The number of piperidine rings is 1. The van der Waals surface area contributed by atoms with Crippen LogP contribution in [0.1, 0.15) is 63.8 Å². The number of ether oxygens (including phenoxy) is 1. The van der Waals surface area contributed by atoms with Crippen LogP contribution >= 0.6 is 0 Å². The summed E-state index contributed by atoms with van der Waals surface area (Å²) in [5, 5.41) is 0. The minimum absolute atomic E-state index is 0.160. The van der Waals surface area contributed by atoms with Gasteiger partial charge < -0.3 is 14.2 Å². The number of rotatable bonds is 12. The van der Waals surface area contributed by atoms with E-state index >= 15 is 0 Å². The molecular weight excluding hydrogens is 448 g/mol. The zero-order valence-corrected chi connectivity index (χ0v) is 22.3. The van der Waals surface area contributed by atoms with Crippen molar-refractivity contribution < 1.29 is 9.53 Å². The van der Waals surface area contributed by atoms with Crippen LogP contribution in [-0.2, 0) is 17.9 Å². The van der Waals surface area contributed by atoms with Crippen molar-refractivity contribution in [2.24, 2.45) is 5.92 Å². The van der Waals surface area contributed by atoms with E-state index in [0.29, 0.717) is 5.91 Å². The number of amides is 1. The molecule has 4 rings (SSSR count). The van der Waals surface area contributed by atoms with E-state index in [1.165, 1.54) is 5.56 Å². The van der Waals surface area contributed by atoms with Crippen molar-refractivity contribution in [3.63, 3.8) is 0 Å². The second-order valence-electron chi connectivity index (χ2n) is 10.0. The minimum atomic E-state index is 0.160. The molecule has 0 radical (unpaired) electrons. The van der Waals surface area contributed by atoms with Gasteiger partial charge in [-0.15, -0.1) is 0 Å². The Morgan fingerprint density at radius 1 is 0.972 bits per heavy atom. The third kappa shape index (κ3) is 6.47. The van der Waals surface area contributed by atoms with Gasteiger partial charge in [-0.3, -0.25) is 9.69 Å². The van der Waals surface area contributed by atoms with Gasteiger partial charge in [-0.05, 0) is 68.6 Å². The number of nitrogens with zero attached hydrogens (tertiary/aromatic N) is 4. The first kappa shape index (κ1) is 26.2. The van der Waals surface area contributed by atoms with Crippen LogP contribution in [0.15, 0.2) is 48.5 Å². The Hall–Kier alpha value is -2.86. The van der Waals surface area contributed by atoms with Gasteiger partial charge in [-0.2, -0.15) is 0 Å². The molecule has 0 atom stereocenters. The number of likely N-dealkylation sites (tertiary alicyclic amines) is 1. The third-order valence-electron chi connectivity index (χ3n) is 7.41. The lowest BCUT2D eigenvalue weighted by Gasteiger charge is -2.34. The molecule has 1 saturated heterocycles. The second kappa shape index (κ2) is 12.9. The first-order valence-corrected chi connectivity index (χ1v) is 13.7. The van der Waals surface area contributed by atoms with E-state index in [0.717, 1.165) is 100 Å². The number of fused-ring (bicyclic) bond motifs is 1. The molecule has 0 aliphatic carbocycles. The zero-order chi connectivity index (χ0) is 25.3. The van der Waals surface area contributed by atoms with Crippen molar-refractivity contribution >= 4 is 16.9 Å². The topological polar surface area (TPSA) is 50.6 Å². The van der Waals surface area contributed by atoms with Crippen molar-refractivity contribution in [1.29, 1.82) is 0 Å². The highest BCUT2D eigenvalue weighted by atomic mass is 16.5. The Kier molecular flexibility index (Phi) is 9.40. The molecule has 0 bridgehead atoms. The fraction of sp³-hybridized carbons (Fsp3) is 0.533. The number of hydrogen-bond donors (Lipinski definition) is 0.